The van der Waals surface area contributed by atoms with Crippen LogP contribution in [0, 0.1) is 11.3 Å². The monoisotopic (exact) mass is 478 g/mol. The summed E-state index contributed by atoms with van der Waals surface area (Å²) in [4.78, 5) is 36.8. The lowest BCUT2D eigenvalue weighted by molar-refractivity contribution is -0.143. The maximum atomic E-state index is 12.7. The second kappa shape index (κ2) is 10.1. The third-order valence-electron chi connectivity index (χ3n) is 6.90. The smallest absolute Gasteiger partial charge is 0.407 e. The van der Waals surface area contributed by atoms with Crippen LogP contribution in [0.15, 0.2) is 48.5 Å². The highest BCUT2D eigenvalue weighted by Gasteiger charge is 2.35. The minimum Gasteiger partial charge on any atom is -0.480 e. The van der Waals surface area contributed by atoms with Crippen LogP contribution in [0.2, 0.25) is 0 Å². The number of carboxylic acid groups (broad SMARTS) is 1. The van der Waals surface area contributed by atoms with Gasteiger partial charge in [-0.25, -0.2) is 9.59 Å². The van der Waals surface area contributed by atoms with E-state index >= 15 is 0 Å². The zero-order chi connectivity index (χ0) is 25.2. The molecule has 4 rings (SSSR count). The maximum absolute atomic E-state index is 12.7. The molecule has 2 aromatic rings. The van der Waals surface area contributed by atoms with Crippen LogP contribution in [0.3, 0.4) is 0 Å². The number of ether oxygens (including phenoxy) is 1. The maximum Gasteiger partial charge on any atom is 0.407 e. The minimum atomic E-state index is -1.03. The average Bonchev–Trinajstić information content (AvgIpc) is 3.39. The van der Waals surface area contributed by atoms with Crippen molar-refractivity contribution < 1.29 is 24.2 Å². The largest absolute Gasteiger partial charge is 0.480 e. The fourth-order valence-corrected chi connectivity index (χ4v) is 5.26. The van der Waals surface area contributed by atoms with Crippen molar-refractivity contribution in [3.05, 3.63) is 59.7 Å². The number of benzene rings is 2. The predicted molar refractivity (Wildman–Crippen MR) is 133 cm³/mol. The molecule has 35 heavy (non-hydrogen) atoms. The molecule has 2 aromatic carbocycles. The number of hydrogen-bond donors (Lipinski definition) is 3. The molecule has 7 heteroatoms. The van der Waals surface area contributed by atoms with Crippen LogP contribution in [0.1, 0.15) is 63.5 Å². The van der Waals surface area contributed by atoms with Crippen molar-refractivity contribution in [3.8, 4) is 11.1 Å². The van der Waals surface area contributed by atoms with Crippen LogP contribution in [0.25, 0.3) is 11.1 Å². The van der Waals surface area contributed by atoms with E-state index in [9.17, 15) is 19.5 Å². The van der Waals surface area contributed by atoms with Crippen molar-refractivity contribution in [1.82, 2.24) is 10.6 Å². The zero-order valence-electron chi connectivity index (χ0n) is 20.5. The van der Waals surface area contributed by atoms with E-state index in [4.69, 9.17) is 4.74 Å². The summed E-state index contributed by atoms with van der Waals surface area (Å²) < 4.78 is 5.62. The molecule has 3 N–H and O–H groups in total. The number of hydrogen-bond acceptors (Lipinski definition) is 4. The third kappa shape index (κ3) is 5.84. The standard InChI is InChI=1S/C28H34N2O5/c1-28(2,3)15-24(26(32)33)30-25(31)17-12-13-18(14-17)29-27(34)35-16-23-21-10-6-4-8-19(21)20-9-5-7-11-22(20)23/h4-11,17-18,23-24H,12-16H2,1-3H3,(H,29,34)(H,30,31)(H,32,33)/t17-,18+,24?/m1/s1. The molecule has 1 unspecified atom stereocenters. The molecule has 2 amide bonds. The summed E-state index contributed by atoms with van der Waals surface area (Å²) in [6.07, 6.45) is 1.58. The van der Waals surface area contributed by atoms with E-state index in [1.807, 2.05) is 45.0 Å². The molecule has 0 aromatic heterocycles. The van der Waals surface area contributed by atoms with Crippen LogP contribution in [-0.2, 0) is 14.3 Å². The third-order valence-corrected chi connectivity index (χ3v) is 6.90. The van der Waals surface area contributed by atoms with Gasteiger partial charge in [0, 0.05) is 17.9 Å². The molecule has 0 heterocycles. The summed E-state index contributed by atoms with van der Waals surface area (Å²) in [6, 6.07) is 15.3. The van der Waals surface area contributed by atoms with E-state index in [-0.39, 0.29) is 35.8 Å². The summed E-state index contributed by atoms with van der Waals surface area (Å²) in [5.41, 5.74) is 4.44. The van der Waals surface area contributed by atoms with Crippen LogP contribution in [0.5, 0.6) is 0 Å². The summed E-state index contributed by atoms with van der Waals surface area (Å²) >= 11 is 0. The molecule has 186 valence electrons. The molecule has 0 saturated heterocycles. The Kier molecular flexibility index (Phi) is 7.15. The molecule has 7 nitrogen and oxygen atoms in total. The van der Waals surface area contributed by atoms with E-state index in [0.29, 0.717) is 25.7 Å². The molecule has 1 fully saturated rings. The SMILES string of the molecule is CC(C)(C)CC(NC(=O)[C@@H]1CC[C@H](NC(=O)OCC2c3ccccc3-c3ccccc32)C1)C(=O)O. The van der Waals surface area contributed by atoms with Gasteiger partial charge in [0.2, 0.25) is 5.91 Å². The Labute approximate surface area is 206 Å². The number of carboxylic acids is 1. The summed E-state index contributed by atoms with van der Waals surface area (Å²) in [5, 5.41) is 15.1. The van der Waals surface area contributed by atoms with E-state index in [1.165, 1.54) is 11.1 Å². The van der Waals surface area contributed by atoms with Gasteiger partial charge in [-0.15, -0.1) is 0 Å². The van der Waals surface area contributed by atoms with Crippen molar-refractivity contribution in [2.45, 2.75) is 64.5 Å². The first-order chi connectivity index (χ1) is 16.6. The van der Waals surface area contributed by atoms with Crippen LogP contribution in [0.4, 0.5) is 4.79 Å². The molecular weight excluding hydrogens is 444 g/mol. The predicted octanol–water partition coefficient (Wildman–Crippen LogP) is 4.70. The number of carbonyl (C=O) groups excluding carboxylic acids is 2. The van der Waals surface area contributed by atoms with Crippen molar-refractivity contribution in [1.29, 1.82) is 0 Å². The first kappa shape index (κ1) is 24.8. The van der Waals surface area contributed by atoms with Gasteiger partial charge in [-0.2, -0.15) is 0 Å². The Hall–Kier alpha value is -3.35. The van der Waals surface area contributed by atoms with Gasteiger partial charge in [-0.05, 0) is 53.4 Å². The first-order valence-electron chi connectivity index (χ1n) is 12.3. The number of rotatable bonds is 7. The Bertz CT molecular complexity index is 1060. The van der Waals surface area contributed by atoms with Gasteiger partial charge in [0.05, 0.1) is 0 Å². The first-order valence-corrected chi connectivity index (χ1v) is 12.3. The Morgan fingerprint density at radius 2 is 1.60 bits per heavy atom. The lowest BCUT2D eigenvalue weighted by Crippen LogP contribution is -2.45. The molecule has 0 radical (unpaired) electrons. The number of amides is 2. The van der Waals surface area contributed by atoms with Crippen LogP contribution in [-0.4, -0.2) is 41.8 Å². The lowest BCUT2D eigenvalue weighted by atomic mass is 9.88. The molecular formula is C28H34N2O5. The van der Waals surface area contributed by atoms with Crippen molar-refractivity contribution >= 4 is 18.0 Å². The lowest BCUT2D eigenvalue weighted by Gasteiger charge is -2.25. The molecule has 3 atom stereocenters. The molecule has 0 aliphatic heterocycles. The fraction of sp³-hybridized carbons (Fsp3) is 0.464. The number of fused-ring (bicyclic) bond motifs is 3. The fourth-order valence-electron chi connectivity index (χ4n) is 5.26. The highest BCUT2D eigenvalue weighted by Crippen LogP contribution is 2.44. The minimum absolute atomic E-state index is 0.00831. The van der Waals surface area contributed by atoms with E-state index in [2.05, 4.69) is 34.9 Å². The van der Waals surface area contributed by atoms with Gasteiger partial charge in [0.1, 0.15) is 12.6 Å². The second-order valence-corrected chi connectivity index (χ2v) is 10.8. The number of aliphatic carboxylic acids is 1. The number of nitrogens with one attached hydrogen (secondary N) is 2. The van der Waals surface area contributed by atoms with E-state index in [0.717, 1.165) is 11.1 Å². The topological polar surface area (TPSA) is 105 Å². The zero-order valence-corrected chi connectivity index (χ0v) is 20.5. The van der Waals surface area contributed by atoms with Gasteiger partial charge < -0.3 is 20.5 Å². The molecule has 0 bridgehead atoms. The van der Waals surface area contributed by atoms with E-state index in [1.54, 1.807) is 0 Å². The molecule has 0 spiro atoms. The van der Waals surface area contributed by atoms with Crippen molar-refractivity contribution in [2.75, 3.05) is 6.61 Å². The Balaban J connectivity index is 1.29. The van der Waals surface area contributed by atoms with Crippen LogP contribution < -0.4 is 10.6 Å². The summed E-state index contributed by atoms with van der Waals surface area (Å²) in [6.45, 7) is 6.07. The van der Waals surface area contributed by atoms with Gasteiger partial charge in [0.15, 0.2) is 0 Å². The van der Waals surface area contributed by atoms with Gasteiger partial charge >= 0.3 is 12.1 Å². The molecule has 2 aliphatic rings. The Morgan fingerprint density at radius 1 is 1.00 bits per heavy atom. The quantitative estimate of drug-likeness (QED) is 0.535. The summed E-state index contributed by atoms with van der Waals surface area (Å²) in [7, 11) is 0. The highest BCUT2D eigenvalue weighted by molar-refractivity contribution is 5.85. The van der Waals surface area contributed by atoms with E-state index < -0.39 is 18.1 Å². The number of alkyl carbamates (subject to hydrolysis) is 1. The van der Waals surface area contributed by atoms with Crippen molar-refractivity contribution in [3.63, 3.8) is 0 Å². The molecule has 2 aliphatic carbocycles. The highest BCUT2D eigenvalue weighted by atomic mass is 16.5. The summed E-state index contributed by atoms with van der Waals surface area (Å²) in [5.74, 6) is -1.63. The number of carbonyl (C=O) groups is 3. The average molecular weight is 479 g/mol. The Morgan fingerprint density at radius 3 is 2.17 bits per heavy atom. The van der Waals surface area contributed by atoms with Crippen LogP contribution >= 0.6 is 0 Å². The van der Waals surface area contributed by atoms with Crippen molar-refractivity contribution in [2.24, 2.45) is 11.3 Å². The normalized spacial score (nSPS) is 20.0. The second-order valence-electron chi connectivity index (χ2n) is 10.8. The van der Waals surface area contributed by atoms with Gasteiger partial charge in [0.25, 0.3) is 0 Å². The molecule has 1 saturated carbocycles. The van der Waals surface area contributed by atoms with Gasteiger partial charge in [-0.3, -0.25) is 4.79 Å². The van der Waals surface area contributed by atoms with Gasteiger partial charge in [-0.1, -0.05) is 69.3 Å².